The van der Waals surface area contributed by atoms with Crippen LogP contribution in [0.25, 0.3) is 0 Å². The number of nitrogen functional groups attached to an aromatic ring is 1. The zero-order chi connectivity index (χ0) is 9.68. The van der Waals surface area contributed by atoms with Gasteiger partial charge in [0.1, 0.15) is 10.4 Å². The van der Waals surface area contributed by atoms with Crippen LogP contribution in [0.15, 0.2) is 24.3 Å². The SMILES string of the molecule is Nc1ccc(OC(=O)OCI)cc1. The van der Waals surface area contributed by atoms with Gasteiger partial charge in [-0.25, -0.2) is 4.79 Å². The molecule has 1 aromatic carbocycles. The van der Waals surface area contributed by atoms with E-state index in [9.17, 15) is 4.79 Å². The monoisotopic (exact) mass is 293 g/mol. The summed E-state index contributed by atoms with van der Waals surface area (Å²) >= 11 is 1.91. The largest absolute Gasteiger partial charge is 0.514 e. The molecular formula is C8H8INO3. The maximum atomic E-state index is 10.8. The molecule has 0 aliphatic rings. The fourth-order valence-electron chi connectivity index (χ4n) is 0.706. The zero-order valence-corrected chi connectivity index (χ0v) is 8.85. The third-order valence-corrected chi connectivity index (χ3v) is 1.57. The highest BCUT2D eigenvalue weighted by atomic mass is 127. The first-order valence-electron chi connectivity index (χ1n) is 3.48. The van der Waals surface area contributed by atoms with E-state index in [1.165, 1.54) is 0 Å². The number of halogens is 1. The molecule has 0 bridgehead atoms. The van der Waals surface area contributed by atoms with Gasteiger partial charge in [-0.3, -0.25) is 0 Å². The summed E-state index contributed by atoms with van der Waals surface area (Å²) in [6, 6.07) is 6.49. The van der Waals surface area contributed by atoms with E-state index < -0.39 is 6.16 Å². The van der Waals surface area contributed by atoms with Crippen molar-refractivity contribution in [3.63, 3.8) is 0 Å². The molecule has 13 heavy (non-hydrogen) atoms. The van der Waals surface area contributed by atoms with E-state index in [-0.39, 0.29) is 4.61 Å². The Labute approximate surface area is 89.2 Å². The maximum Gasteiger partial charge on any atom is 0.514 e. The number of rotatable bonds is 2. The van der Waals surface area contributed by atoms with Crippen molar-refractivity contribution in [2.75, 3.05) is 10.3 Å². The Balaban J connectivity index is 2.54. The molecule has 0 amide bonds. The van der Waals surface area contributed by atoms with Crippen molar-refractivity contribution in [1.82, 2.24) is 0 Å². The van der Waals surface area contributed by atoms with Crippen LogP contribution in [-0.4, -0.2) is 10.8 Å². The van der Waals surface area contributed by atoms with Gasteiger partial charge in [0.2, 0.25) is 0 Å². The molecule has 0 unspecified atom stereocenters. The smallest absolute Gasteiger partial charge is 0.423 e. The Morgan fingerprint density at radius 2 is 2.00 bits per heavy atom. The first-order valence-corrected chi connectivity index (χ1v) is 5.01. The van der Waals surface area contributed by atoms with Gasteiger partial charge in [0.15, 0.2) is 0 Å². The first-order chi connectivity index (χ1) is 6.22. The van der Waals surface area contributed by atoms with E-state index in [0.29, 0.717) is 11.4 Å². The van der Waals surface area contributed by atoms with Crippen LogP contribution in [0.4, 0.5) is 10.5 Å². The molecule has 0 spiro atoms. The average Bonchev–Trinajstić information content (AvgIpc) is 2.09. The molecule has 70 valence electrons. The summed E-state index contributed by atoms with van der Waals surface area (Å²) in [5, 5.41) is 0. The second kappa shape index (κ2) is 4.90. The number of alkyl halides is 1. The molecule has 0 heterocycles. The van der Waals surface area contributed by atoms with Gasteiger partial charge in [-0.05, 0) is 46.9 Å². The molecule has 2 N–H and O–H groups in total. The summed E-state index contributed by atoms with van der Waals surface area (Å²) in [5.41, 5.74) is 6.06. The lowest BCUT2D eigenvalue weighted by Crippen LogP contribution is -2.08. The average molecular weight is 293 g/mol. The van der Waals surface area contributed by atoms with Crippen LogP contribution < -0.4 is 10.5 Å². The van der Waals surface area contributed by atoms with Crippen LogP contribution in [0.1, 0.15) is 0 Å². The van der Waals surface area contributed by atoms with Gasteiger partial charge >= 0.3 is 6.16 Å². The fraction of sp³-hybridized carbons (Fsp3) is 0.125. The lowest BCUT2D eigenvalue weighted by molar-refractivity contribution is 0.119. The van der Waals surface area contributed by atoms with Crippen LogP contribution in [0.5, 0.6) is 5.75 Å². The number of anilines is 1. The third kappa shape index (κ3) is 3.49. The number of carbonyl (C=O) groups is 1. The number of hydrogen-bond acceptors (Lipinski definition) is 4. The first kappa shape index (κ1) is 10.1. The molecule has 0 saturated carbocycles. The molecule has 0 atom stereocenters. The summed E-state index contributed by atoms with van der Waals surface area (Å²) in [7, 11) is 0. The molecule has 1 aromatic rings. The van der Waals surface area contributed by atoms with Gasteiger partial charge in [0, 0.05) is 5.69 Å². The van der Waals surface area contributed by atoms with Gasteiger partial charge in [0.25, 0.3) is 0 Å². The molecule has 0 aliphatic carbocycles. The molecule has 1 rings (SSSR count). The Kier molecular flexibility index (Phi) is 3.81. The third-order valence-electron chi connectivity index (χ3n) is 1.25. The highest BCUT2D eigenvalue weighted by Crippen LogP contribution is 2.13. The van der Waals surface area contributed by atoms with E-state index in [1.54, 1.807) is 24.3 Å². The van der Waals surface area contributed by atoms with Gasteiger partial charge in [0.05, 0.1) is 0 Å². The molecule has 0 aromatic heterocycles. The Bertz CT molecular complexity index is 286. The normalized spacial score (nSPS) is 9.31. The van der Waals surface area contributed by atoms with Crippen molar-refractivity contribution in [3.05, 3.63) is 24.3 Å². The summed E-state index contributed by atoms with van der Waals surface area (Å²) in [6.45, 7) is 0. The van der Waals surface area contributed by atoms with Crippen LogP contribution in [0.3, 0.4) is 0 Å². The van der Waals surface area contributed by atoms with Crippen molar-refractivity contribution in [2.24, 2.45) is 0 Å². The lowest BCUT2D eigenvalue weighted by atomic mass is 10.3. The molecule has 0 saturated heterocycles. The number of carbonyl (C=O) groups excluding carboxylic acids is 1. The van der Waals surface area contributed by atoms with Crippen LogP contribution in [0, 0.1) is 0 Å². The number of ether oxygens (including phenoxy) is 2. The Hall–Kier alpha value is -0.980. The topological polar surface area (TPSA) is 61.5 Å². The van der Waals surface area contributed by atoms with Crippen LogP contribution in [0.2, 0.25) is 0 Å². The maximum absolute atomic E-state index is 10.8. The zero-order valence-electron chi connectivity index (χ0n) is 6.70. The van der Waals surface area contributed by atoms with Crippen molar-refractivity contribution < 1.29 is 14.3 Å². The second-order valence-electron chi connectivity index (χ2n) is 2.17. The standard InChI is InChI=1S/C8H8INO3/c9-5-12-8(11)13-7-3-1-6(10)2-4-7/h1-4H,5,10H2. The summed E-state index contributed by atoms with van der Waals surface area (Å²) in [4.78, 5) is 10.8. The van der Waals surface area contributed by atoms with Crippen molar-refractivity contribution in [2.45, 2.75) is 0 Å². The molecular weight excluding hydrogens is 285 g/mol. The van der Waals surface area contributed by atoms with E-state index >= 15 is 0 Å². The minimum Gasteiger partial charge on any atom is -0.423 e. The number of benzene rings is 1. The summed E-state index contributed by atoms with van der Waals surface area (Å²) < 4.78 is 9.63. The van der Waals surface area contributed by atoms with Crippen molar-refractivity contribution in [3.8, 4) is 5.75 Å². The molecule has 0 radical (unpaired) electrons. The molecule has 0 fully saturated rings. The Morgan fingerprint density at radius 3 is 2.54 bits per heavy atom. The van der Waals surface area contributed by atoms with Gasteiger partial charge in [-0.1, -0.05) is 0 Å². The second-order valence-corrected chi connectivity index (χ2v) is 2.80. The van der Waals surface area contributed by atoms with E-state index in [0.717, 1.165) is 0 Å². The molecule has 4 nitrogen and oxygen atoms in total. The van der Waals surface area contributed by atoms with Crippen molar-refractivity contribution >= 4 is 34.4 Å². The fourth-order valence-corrected chi connectivity index (χ4v) is 0.960. The summed E-state index contributed by atoms with van der Waals surface area (Å²) in [5.74, 6) is 0.420. The van der Waals surface area contributed by atoms with Gasteiger partial charge in [-0.2, -0.15) is 0 Å². The number of hydrogen-bond donors (Lipinski definition) is 1. The summed E-state index contributed by atoms with van der Waals surface area (Å²) in [6.07, 6.45) is -0.709. The number of nitrogens with two attached hydrogens (primary N) is 1. The van der Waals surface area contributed by atoms with Crippen LogP contribution in [-0.2, 0) is 4.74 Å². The highest BCUT2D eigenvalue weighted by molar-refractivity contribution is 14.1. The minimum atomic E-state index is -0.709. The predicted octanol–water partition coefficient (Wildman–Crippen LogP) is 2.18. The van der Waals surface area contributed by atoms with Gasteiger partial charge < -0.3 is 15.2 Å². The van der Waals surface area contributed by atoms with Crippen LogP contribution >= 0.6 is 22.6 Å². The van der Waals surface area contributed by atoms with Crippen molar-refractivity contribution in [1.29, 1.82) is 0 Å². The van der Waals surface area contributed by atoms with E-state index in [1.807, 2.05) is 22.6 Å². The quantitative estimate of drug-likeness (QED) is 0.298. The Morgan fingerprint density at radius 1 is 1.38 bits per heavy atom. The molecule has 0 aliphatic heterocycles. The molecule has 5 heteroatoms. The minimum absolute atomic E-state index is 0.269. The van der Waals surface area contributed by atoms with E-state index in [4.69, 9.17) is 10.5 Å². The van der Waals surface area contributed by atoms with E-state index in [2.05, 4.69) is 4.74 Å². The predicted molar refractivity (Wildman–Crippen MR) is 56.9 cm³/mol. The highest BCUT2D eigenvalue weighted by Gasteiger charge is 2.03. The lowest BCUT2D eigenvalue weighted by Gasteiger charge is -2.02. The van der Waals surface area contributed by atoms with Gasteiger partial charge in [-0.15, -0.1) is 0 Å².